The number of anilines is 1. The molecule has 1 N–H and O–H groups in total. The minimum atomic E-state index is -0.278. The molecule has 0 spiro atoms. The summed E-state index contributed by atoms with van der Waals surface area (Å²) in [5.41, 5.74) is 2.12. The van der Waals surface area contributed by atoms with Gasteiger partial charge < -0.3 is 9.73 Å². The summed E-state index contributed by atoms with van der Waals surface area (Å²) in [6.07, 6.45) is 0.763. The molecule has 0 atom stereocenters. The molecule has 0 aliphatic carbocycles. The number of fused-ring (bicyclic) bond motifs is 1. The molecule has 1 amide bonds. The van der Waals surface area contributed by atoms with E-state index in [1.54, 1.807) is 18.2 Å². The summed E-state index contributed by atoms with van der Waals surface area (Å²) in [7, 11) is 0. The van der Waals surface area contributed by atoms with Crippen molar-refractivity contribution in [2.75, 3.05) is 5.32 Å². The molecule has 6 heteroatoms. The SMILES string of the molecule is CCc1ccc(C(=O)Nc2cccc3nsnc23)o1. The van der Waals surface area contributed by atoms with Gasteiger partial charge in [0.1, 0.15) is 16.8 Å². The zero-order chi connectivity index (χ0) is 13.2. The molecule has 3 rings (SSSR count). The molecular formula is C13H11N3O2S. The van der Waals surface area contributed by atoms with Gasteiger partial charge in [0.05, 0.1) is 17.4 Å². The van der Waals surface area contributed by atoms with Crippen molar-refractivity contribution in [1.29, 1.82) is 0 Å². The molecule has 0 saturated carbocycles. The van der Waals surface area contributed by atoms with Crippen molar-refractivity contribution < 1.29 is 9.21 Å². The molecule has 5 nitrogen and oxygen atoms in total. The topological polar surface area (TPSA) is 68.0 Å². The van der Waals surface area contributed by atoms with Gasteiger partial charge in [0.2, 0.25) is 0 Å². The average Bonchev–Trinajstić information content (AvgIpc) is 3.08. The normalized spacial score (nSPS) is 10.8. The van der Waals surface area contributed by atoms with Gasteiger partial charge in [-0.25, -0.2) is 0 Å². The fourth-order valence-corrected chi connectivity index (χ4v) is 2.33. The van der Waals surface area contributed by atoms with E-state index in [9.17, 15) is 4.79 Å². The maximum atomic E-state index is 12.1. The lowest BCUT2D eigenvalue weighted by Gasteiger charge is -2.03. The van der Waals surface area contributed by atoms with Crippen LogP contribution < -0.4 is 5.32 Å². The zero-order valence-electron chi connectivity index (χ0n) is 10.2. The smallest absolute Gasteiger partial charge is 0.291 e. The number of aromatic nitrogens is 2. The van der Waals surface area contributed by atoms with E-state index in [1.165, 1.54) is 0 Å². The minimum Gasteiger partial charge on any atom is -0.456 e. The first-order chi connectivity index (χ1) is 9.28. The molecule has 1 aromatic carbocycles. The van der Waals surface area contributed by atoms with Gasteiger partial charge in [0.25, 0.3) is 5.91 Å². The third kappa shape index (κ3) is 2.22. The van der Waals surface area contributed by atoms with Gasteiger partial charge in [-0.05, 0) is 24.3 Å². The number of carbonyl (C=O) groups is 1. The molecule has 3 aromatic rings. The van der Waals surface area contributed by atoms with E-state index >= 15 is 0 Å². The highest BCUT2D eigenvalue weighted by molar-refractivity contribution is 7.00. The molecule has 19 heavy (non-hydrogen) atoms. The van der Waals surface area contributed by atoms with Gasteiger partial charge in [-0.2, -0.15) is 8.75 Å². The van der Waals surface area contributed by atoms with Crippen LogP contribution in [0.5, 0.6) is 0 Å². The third-order valence-electron chi connectivity index (χ3n) is 2.77. The number of carbonyl (C=O) groups excluding carboxylic acids is 1. The Morgan fingerprint density at radius 3 is 3.00 bits per heavy atom. The van der Waals surface area contributed by atoms with Crippen LogP contribution >= 0.6 is 11.7 Å². The highest BCUT2D eigenvalue weighted by Crippen LogP contribution is 2.22. The molecule has 0 unspecified atom stereocenters. The molecule has 0 bridgehead atoms. The second-order valence-corrected chi connectivity index (χ2v) is 4.54. The maximum absolute atomic E-state index is 12.1. The van der Waals surface area contributed by atoms with E-state index < -0.39 is 0 Å². The average molecular weight is 273 g/mol. The van der Waals surface area contributed by atoms with Gasteiger partial charge in [0.15, 0.2) is 5.76 Å². The van der Waals surface area contributed by atoms with Gasteiger partial charge >= 0.3 is 0 Å². The van der Waals surface area contributed by atoms with E-state index in [1.807, 2.05) is 19.1 Å². The molecular weight excluding hydrogens is 262 g/mol. The van der Waals surface area contributed by atoms with Crippen LogP contribution in [0.1, 0.15) is 23.2 Å². The van der Waals surface area contributed by atoms with E-state index in [0.29, 0.717) is 17.0 Å². The number of aryl methyl sites for hydroxylation is 1. The summed E-state index contributed by atoms with van der Waals surface area (Å²) in [4.78, 5) is 12.1. The summed E-state index contributed by atoms with van der Waals surface area (Å²) < 4.78 is 13.7. The Hall–Kier alpha value is -2.21. The number of amides is 1. The Bertz CT molecular complexity index is 732. The van der Waals surface area contributed by atoms with E-state index in [4.69, 9.17) is 4.42 Å². The van der Waals surface area contributed by atoms with Crippen LogP contribution in [0.25, 0.3) is 11.0 Å². The first kappa shape index (κ1) is 11.9. The summed E-state index contributed by atoms with van der Waals surface area (Å²) >= 11 is 1.12. The molecule has 0 fully saturated rings. The quantitative estimate of drug-likeness (QED) is 0.796. The molecule has 2 aromatic heterocycles. The number of benzene rings is 1. The first-order valence-corrected chi connectivity index (χ1v) is 6.62. The van der Waals surface area contributed by atoms with Gasteiger partial charge in [-0.1, -0.05) is 13.0 Å². The lowest BCUT2D eigenvalue weighted by Crippen LogP contribution is -2.11. The van der Waals surface area contributed by atoms with Crippen LogP contribution in [0.3, 0.4) is 0 Å². The number of hydrogen-bond acceptors (Lipinski definition) is 5. The van der Waals surface area contributed by atoms with Crippen molar-refractivity contribution in [3.8, 4) is 0 Å². The molecule has 0 aliphatic rings. The Morgan fingerprint density at radius 2 is 2.21 bits per heavy atom. The second kappa shape index (κ2) is 4.81. The lowest BCUT2D eigenvalue weighted by atomic mass is 10.2. The van der Waals surface area contributed by atoms with Gasteiger partial charge in [0, 0.05) is 6.42 Å². The zero-order valence-corrected chi connectivity index (χ0v) is 11.0. The largest absolute Gasteiger partial charge is 0.456 e. The van der Waals surface area contributed by atoms with Crippen LogP contribution in [0.4, 0.5) is 5.69 Å². The van der Waals surface area contributed by atoms with E-state index in [0.717, 1.165) is 29.4 Å². The number of rotatable bonds is 3. The monoisotopic (exact) mass is 273 g/mol. The predicted molar refractivity (Wildman–Crippen MR) is 73.5 cm³/mol. The highest BCUT2D eigenvalue weighted by Gasteiger charge is 2.13. The number of furan rings is 1. The third-order valence-corrected chi connectivity index (χ3v) is 3.31. The van der Waals surface area contributed by atoms with Crippen molar-refractivity contribution in [2.45, 2.75) is 13.3 Å². The van der Waals surface area contributed by atoms with Gasteiger partial charge in [-0.3, -0.25) is 4.79 Å². The minimum absolute atomic E-state index is 0.278. The van der Waals surface area contributed by atoms with Crippen molar-refractivity contribution in [3.63, 3.8) is 0 Å². The van der Waals surface area contributed by atoms with Crippen LogP contribution in [-0.2, 0) is 6.42 Å². The Labute approximate surface area is 113 Å². The summed E-state index contributed by atoms with van der Waals surface area (Å²) in [6.45, 7) is 1.97. The summed E-state index contributed by atoms with van der Waals surface area (Å²) in [6, 6.07) is 8.97. The highest BCUT2D eigenvalue weighted by atomic mass is 32.1. The van der Waals surface area contributed by atoms with Crippen LogP contribution in [-0.4, -0.2) is 14.7 Å². The van der Waals surface area contributed by atoms with Crippen LogP contribution in [0, 0.1) is 0 Å². The predicted octanol–water partition coefficient (Wildman–Crippen LogP) is 3.10. The molecule has 0 aliphatic heterocycles. The van der Waals surface area contributed by atoms with Crippen molar-refractivity contribution in [3.05, 3.63) is 41.9 Å². The number of nitrogens with zero attached hydrogens (tertiary/aromatic N) is 2. The first-order valence-electron chi connectivity index (χ1n) is 5.89. The van der Waals surface area contributed by atoms with Gasteiger partial charge in [-0.15, -0.1) is 0 Å². The second-order valence-electron chi connectivity index (χ2n) is 4.01. The van der Waals surface area contributed by atoms with E-state index in [-0.39, 0.29) is 5.91 Å². The molecule has 2 heterocycles. The Morgan fingerprint density at radius 1 is 1.32 bits per heavy atom. The van der Waals surface area contributed by atoms with Crippen molar-refractivity contribution >= 4 is 34.4 Å². The molecule has 0 radical (unpaired) electrons. The van der Waals surface area contributed by atoms with Crippen LogP contribution in [0.2, 0.25) is 0 Å². The van der Waals surface area contributed by atoms with Crippen LogP contribution in [0.15, 0.2) is 34.7 Å². The fraction of sp³-hybridized carbons (Fsp3) is 0.154. The number of nitrogens with one attached hydrogen (secondary N) is 1. The Kier molecular flexibility index (Phi) is 3.00. The molecule has 0 saturated heterocycles. The standard InChI is InChI=1S/C13H11N3O2S/c1-2-8-6-7-11(18-8)13(17)14-9-4-3-5-10-12(9)16-19-15-10/h3-7H,2H2,1H3,(H,14,17). The summed E-state index contributed by atoms with van der Waals surface area (Å²) in [5, 5.41) is 2.80. The lowest BCUT2D eigenvalue weighted by molar-refractivity contribution is 0.0995. The maximum Gasteiger partial charge on any atom is 0.291 e. The Balaban J connectivity index is 1.88. The summed E-state index contributed by atoms with van der Waals surface area (Å²) in [5.74, 6) is 0.816. The molecule has 96 valence electrons. The van der Waals surface area contributed by atoms with E-state index in [2.05, 4.69) is 14.1 Å². The number of hydrogen-bond donors (Lipinski definition) is 1. The fourth-order valence-electron chi connectivity index (χ4n) is 1.78. The van der Waals surface area contributed by atoms with Crippen molar-refractivity contribution in [2.24, 2.45) is 0 Å². The van der Waals surface area contributed by atoms with Crippen molar-refractivity contribution in [1.82, 2.24) is 8.75 Å².